The number of hydrogen-bond donors (Lipinski definition) is 0. The van der Waals surface area contributed by atoms with Gasteiger partial charge in [0.05, 0.1) is 5.25 Å². The average Bonchev–Trinajstić information content (AvgIpc) is 2.42. The first-order chi connectivity index (χ1) is 8.81. The summed E-state index contributed by atoms with van der Waals surface area (Å²) in [6, 6.07) is 19.9. The third-order valence-corrected chi connectivity index (χ3v) is 3.86. The van der Waals surface area contributed by atoms with Crippen LogP contribution in [0.3, 0.4) is 0 Å². The second kappa shape index (κ2) is 6.41. The third-order valence-electron chi connectivity index (χ3n) is 2.85. The highest BCUT2D eigenvalue weighted by Gasteiger charge is 2.18. The minimum atomic E-state index is -0.0635. The molecule has 0 saturated carbocycles. The van der Waals surface area contributed by atoms with E-state index < -0.39 is 0 Å². The number of ketones is 1. The molecule has 0 heterocycles. The first-order valence-electron chi connectivity index (χ1n) is 5.95. The summed E-state index contributed by atoms with van der Waals surface area (Å²) in [7, 11) is 0. The van der Waals surface area contributed by atoms with E-state index in [9.17, 15) is 4.79 Å². The van der Waals surface area contributed by atoms with Crippen molar-refractivity contribution < 1.29 is 4.79 Å². The van der Waals surface area contributed by atoms with Gasteiger partial charge in [0.25, 0.3) is 0 Å². The van der Waals surface area contributed by atoms with Gasteiger partial charge in [-0.05, 0) is 17.4 Å². The van der Waals surface area contributed by atoms with Gasteiger partial charge in [-0.1, -0.05) is 60.7 Å². The predicted octanol–water partition coefficient (Wildman–Crippen LogP) is 3.90. The van der Waals surface area contributed by atoms with E-state index in [0.717, 1.165) is 11.1 Å². The molecule has 0 aromatic heterocycles. The van der Waals surface area contributed by atoms with Gasteiger partial charge < -0.3 is 0 Å². The van der Waals surface area contributed by atoms with Gasteiger partial charge in [-0.2, -0.15) is 0 Å². The Balaban J connectivity index is 2.12. The summed E-state index contributed by atoms with van der Waals surface area (Å²) in [6.45, 7) is 0. The minimum Gasteiger partial charge on any atom is -0.298 e. The lowest BCUT2D eigenvalue weighted by molar-refractivity contribution is -0.118. The fraction of sp³-hybridized carbons (Fsp3) is 0.188. The molecule has 1 atom stereocenters. The van der Waals surface area contributed by atoms with E-state index in [1.54, 1.807) is 11.8 Å². The van der Waals surface area contributed by atoms with Gasteiger partial charge in [-0.15, -0.1) is 11.8 Å². The maximum atomic E-state index is 12.3. The van der Waals surface area contributed by atoms with Gasteiger partial charge in [0, 0.05) is 6.42 Å². The zero-order chi connectivity index (χ0) is 12.8. The number of carbonyl (C=O) groups excluding carboxylic acids is 1. The molecule has 0 N–H and O–H groups in total. The number of rotatable bonds is 5. The van der Waals surface area contributed by atoms with Crippen molar-refractivity contribution >= 4 is 17.5 Å². The normalized spacial score (nSPS) is 12.1. The second-order valence-electron chi connectivity index (χ2n) is 4.16. The maximum absolute atomic E-state index is 12.3. The molecule has 92 valence electrons. The Kier molecular flexibility index (Phi) is 4.59. The monoisotopic (exact) mass is 256 g/mol. The Morgan fingerprint density at radius 1 is 1.00 bits per heavy atom. The molecule has 0 aliphatic rings. The van der Waals surface area contributed by atoms with Gasteiger partial charge >= 0.3 is 0 Å². The molecule has 2 aromatic carbocycles. The Morgan fingerprint density at radius 3 is 2.11 bits per heavy atom. The molecule has 0 bridgehead atoms. The lowest BCUT2D eigenvalue weighted by Crippen LogP contribution is -2.11. The number of Topliss-reactive ketones (excluding diaryl/α,β-unsaturated/α-hetero) is 1. The number of carbonyl (C=O) groups is 1. The van der Waals surface area contributed by atoms with E-state index >= 15 is 0 Å². The highest BCUT2D eigenvalue weighted by Crippen LogP contribution is 2.28. The van der Waals surface area contributed by atoms with Crippen LogP contribution in [0.15, 0.2) is 60.7 Å². The molecule has 0 aliphatic carbocycles. The Morgan fingerprint density at radius 2 is 1.56 bits per heavy atom. The molecule has 0 fully saturated rings. The number of benzene rings is 2. The molecule has 2 aromatic rings. The molecule has 1 unspecified atom stereocenters. The van der Waals surface area contributed by atoms with Gasteiger partial charge in [-0.3, -0.25) is 4.79 Å². The summed E-state index contributed by atoms with van der Waals surface area (Å²) in [5.74, 6) is 0.264. The highest BCUT2D eigenvalue weighted by atomic mass is 32.2. The highest BCUT2D eigenvalue weighted by molar-refractivity contribution is 7.99. The molecule has 1 nitrogen and oxygen atoms in total. The van der Waals surface area contributed by atoms with Gasteiger partial charge in [0.15, 0.2) is 5.78 Å². The molecule has 0 amide bonds. The van der Waals surface area contributed by atoms with E-state index in [1.807, 2.05) is 66.9 Å². The van der Waals surface area contributed by atoms with E-state index in [-0.39, 0.29) is 11.0 Å². The largest absolute Gasteiger partial charge is 0.298 e. The smallest absolute Gasteiger partial charge is 0.154 e. The van der Waals surface area contributed by atoms with Crippen LogP contribution in [-0.4, -0.2) is 12.0 Å². The fourth-order valence-electron chi connectivity index (χ4n) is 1.97. The molecule has 2 heteroatoms. The van der Waals surface area contributed by atoms with Crippen molar-refractivity contribution in [3.05, 3.63) is 71.8 Å². The maximum Gasteiger partial charge on any atom is 0.154 e. The lowest BCUT2D eigenvalue weighted by Gasteiger charge is -2.13. The second-order valence-corrected chi connectivity index (χ2v) is 5.10. The van der Waals surface area contributed by atoms with E-state index in [1.165, 1.54) is 0 Å². The molecule has 18 heavy (non-hydrogen) atoms. The van der Waals surface area contributed by atoms with Gasteiger partial charge in [0.1, 0.15) is 0 Å². The summed E-state index contributed by atoms with van der Waals surface area (Å²) in [5, 5.41) is -0.0635. The molecule has 0 saturated heterocycles. The van der Waals surface area contributed by atoms with Crippen LogP contribution in [0, 0.1) is 0 Å². The van der Waals surface area contributed by atoms with Crippen molar-refractivity contribution in [2.24, 2.45) is 0 Å². The molecular weight excluding hydrogens is 240 g/mol. The zero-order valence-corrected chi connectivity index (χ0v) is 11.2. The van der Waals surface area contributed by atoms with Crippen LogP contribution in [0.4, 0.5) is 0 Å². The van der Waals surface area contributed by atoms with Crippen molar-refractivity contribution in [1.29, 1.82) is 0 Å². The van der Waals surface area contributed by atoms with Crippen LogP contribution < -0.4 is 0 Å². The minimum absolute atomic E-state index is 0.0635. The first-order valence-corrected chi connectivity index (χ1v) is 7.24. The van der Waals surface area contributed by atoms with Crippen molar-refractivity contribution in [2.75, 3.05) is 6.26 Å². The number of thioether (sulfide) groups is 1. The van der Waals surface area contributed by atoms with Crippen molar-refractivity contribution in [1.82, 2.24) is 0 Å². The zero-order valence-electron chi connectivity index (χ0n) is 10.4. The Bertz CT molecular complexity index is 493. The summed E-state index contributed by atoms with van der Waals surface area (Å²) in [4.78, 5) is 12.3. The lowest BCUT2D eigenvalue weighted by atomic mass is 10.0. The summed E-state index contributed by atoms with van der Waals surface area (Å²) in [5.41, 5.74) is 2.17. The molecule has 0 aliphatic heterocycles. The van der Waals surface area contributed by atoms with E-state index in [2.05, 4.69) is 0 Å². The predicted molar refractivity (Wildman–Crippen MR) is 77.9 cm³/mol. The quantitative estimate of drug-likeness (QED) is 0.807. The molecular formula is C16H16OS. The van der Waals surface area contributed by atoms with Crippen LogP contribution in [0.1, 0.15) is 16.4 Å². The van der Waals surface area contributed by atoms with Gasteiger partial charge in [-0.25, -0.2) is 0 Å². The summed E-state index contributed by atoms with van der Waals surface area (Å²) >= 11 is 1.60. The van der Waals surface area contributed by atoms with Crippen LogP contribution >= 0.6 is 11.8 Å². The molecule has 2 rings (SSSR count). The fourth-order valence-corrected chi connectivity index (χ4v) is 2.75. The van der Waals surface area contributed by atoms with Gasteiger partial charge in [0.2, 0.25) is 0 Å². The Labute approximate surface area is 112 Å². The topological polar surface area (TPSA) is 17.1 Å². The van der Waals surface area contributed by atoms with Crippen molar-refractivity contribution in [2.45, 2.75) is 11.7 Å². The van der Waals surface area contributed by atoms with Crippen LogP contribution in [0.5, 0.6) is 0 Å². The van der Waals surface area contributed by atoms with Crippen LogP contribution in [-0.2, 0) is 11.2 Å². The van der Waals surface area contributed by atoms with Crippen molar-refractivity contribution in [3.8, 4) is 0 Å². The third kappa shape index (κ3) is 3.23. The summed E-state index contributed by atoms with van der Waals surface area (Å²) < 4.78 is 0. The van der Waals surface area contributed by atoms with E-state index in [4.69, 9.17) is 0 Å². The standard InChI is InChI=1S/C16H16OS/c1-18-16(14-10-6-3-7-11-14)15(17)12-13-8-4-2-5-9-13/h2-11,16H,12H2,1H3. The Hall–Kier alpha value is -1.54. The average molecular weight is 256 g/mol. The molecule has 0 radical (unpaired) electrons. The number of hydrogen-bond acceptors (Lipinski definition) is 2. The first kappa shape index (κ1) is 12.9. The SMILES string of the molecule is CSC(C(=O)Cc1ccccc1)c1ccccc1. The van der Waals surface area contributed by atoms with Crippen molar-refractivity contribution in [3.63, 3.8) is 0 Å². The molecule has 0 spiro atoms. The van der Waals surface area contributed by atoms with E-state index in [0.29, 0.717) is 6.42 Å². The summed E-state index contributed by atoms with van der Waals surface area (Å²) in [6.07, 6.45) is 2.49. The van der Waals surface area contributed by atoms with Crippen LogP contribution in [0.25, 0.3) is 0 Å². The van der Waals surface area contributed by atoms with Crippen LogP contribution in [0.2, 0.25) is 0 Å².